The second-order valence-corrected chi connectivity index (χ2v) is 19.2. The fourth-order valence-electron chi connectivity index (χ4n) is 6.87. The SMILES string of the molecule is CC/C=C\C/C=C\C/C=C\C/C=C\C/C=C\C/C=C\C/C=C\C/C=C\C/C=C\C/C=C\C/C=C\CCCCCC(=O)OC(COC(=O)CCCCCCC/C=C\CCCCCCC)COP(=O)(O)OCCN. The van der Waals surface area contributed by atoms with Crippen LogP contribution in [0.25, 0.3) is 0 Å². The molecule has 0 aromatic heterocycles. The van der Waals surface area contributed by atoms with Crippen LogP contribution in [0.5, 0.6) is 0 Å². The van der Waals surface area contributed by atoms with Gasteiger partial charge in [-0.15, -0.1) is 0 Å². The van der Waals surface area contributed by atoms with Crippen LogP contribution in [0.2, 0.25) is 0 Å². The predicted molar refractivity (Wildman–Crippen MR) is 307 cm³/mol. The number of hydrogen-bond acceptors (Lipinski definition) is 8. The first-order valence-electron chi connectivity index (χ1n) is 27.8. The lowest BCUT2D eigenvalue weighted by molar-refractivity contribution is -0.161. The van der Waals surface area contributed by atoms with Crippen LogP contribution < -0.4 is 5.73 Å². The molecule has 0 radical (unpaired) electrons. The molecule has 9 nitrogen and oxygen atoms in total. The molecule has 0 heterocycles. The number of nitrogens with two attached hydrogens (primary N) is 1. The normalized spacial score (nSPS) is 14.2. The average molecular weight is 1020 g/mol. The van der Waals surface area contributed by atoms with Crippen molar-refractivity contribution >= 4 is 19.8 Å². The molecule has 2 unspecified atom stereocenters. The van der Waals surface area contributed by atoms with Gasteiger partial charge in [-0.3, -0.25) is 18.6 Å². The Hall–Kier alpha value is -4.11. The zero-order valence-electron chi connectivity index (χ0n) is 45.1. The van der Waals surface area contributed by atoms with Crippen molar-refractivity contribution in [2.75, 3.05) is 26.4 Å². The van der Waals surface area contributed by atoms with Gasteiger partial charge in [0.05, 0.1) is 13.2 Å². The fraction of sp³-hybridized carbons (Fsp3) is 0.581. The van der Waals surface area contributed by atoms with Gasteiger partial charge < -0.3 is 20.1 Å². The van der Waals surface area contributed by atoms with Crippen LogP contribution in [-0.2, 0) is 32.7 Å². The quantitative estimate of drug-likeness (QED) is 0.0264. The Morgan fingerprint density at radius 2 is 0.764 bits per heavy atom. The molecule has 406 valence electrons. The minimum Gasteiger partial charge on any atom is -0.462 e. The third-order valence-electron chi connectivity index (χ3n) is 11.0. The number of rotatable bonds is 50. The first-order chi connectivity index (χ1) is 35.3. The van der Waals surface area contributed by atoms with E-state index in [4.69, 9.17) is 24.3 Å². The van der Waals surface area contributed by atoms with Crippen LogP contribution in [0.4, 0.5) is 0 Å². The molecule has 0 aliphatic carbocycles. The van der Waals surface area contributed by atoms with Gasteiger partial charge in [-0.1, -0.05) is 211 Å². The van der Waals surface area contributed by atoms with Crippen molar-refractivity contribution in [2.24, 2.45) is 5.73 Å². The summed E-state index contributed by atoms with van der Waals surface area (Å²) in [4.78, 5) is 35.0. The first kappa shape index (κ1) is 67.9. The summed E-state index contributed by atoms with van der Waals surface area (Å²) in [5, 5.41) is 0. The van der Waals surface area contributed by atoms with E-state index >= 15 is 0 Å². The minimum atomic E-state index is -4.40. The summed E-state index contributed by atoms with van der Waals surface area (Å²) in [7, 11) is -4.40. The number of carbonyl (C=O) groups is 2. The minimum absolute atomic E-state index is 0.0389. The zero-order valence-corrected chi connectivity index (χ0v) is 46.0. The number of carbonyl (C=O) groups excluding carboxylic acids is 2. The maximum absolute atomic E-state index is 12.7. The average Bonchev–Trinajstić information content (AvgIpc) is 3.37. The molecule has 72 heavy (non-hydrogen) atoms. The van der Waals surface area contributed by atoms with Gasteiger partial charge in [0, 0.05) is 19.4 Å². The monoisotopic (exact) mass is 1020 g/mol. The summed E-state index contributed by atoms with van der Waals surface area (Å²) < 4.78 is 32.9. The van der Waals surface area contributed by atoms with E-state index in [1.165, 1.54) is 38.5 Å². The van der Waals surface area contributed by atoms with E-state index in [9.17, 15) is 19.0 Å². The molecule has 0 aliphatic heterocycles. The highest BCUT2D eigenvalue weighted by Crippen LogP contribution is 2.43. The lowest BCUT2D eigenvalue weighted by atomic mass is 10.1. The van der Waals surface area contributed by atoms with Crippen molar-refractivity contribution in [3.05, 3.63) is 146 Å². The number of ether oxygens (including phenoxy) is 2. The number of hydrogen-bond donors (Lipinski definition) is 2. The lowest BCUT2D eigenvalue weighted by Crippen LogP contribution is -2.29. The molecule has 0 saturated heterocycles. The van der Waals surface area contributed by atoms with Crippen molar-refractivity contribution in [3.63, 3.8) is 0 Å². The van der Waals surface area contributed by atoms with Gasteiger partial charge in [0.1, 0.15) is 6.61 Å². The van der Waals surface area contributed by atoms with Crippen LogP contribution in [0.15, 0.2) is 146 Å². The van der Waals surface area contributed by atoms with Crippen molar-refractivity contribution in [1.82, 2.24) is 0 Å². The summed E-state index contributed by atoms with van der Waals surface area (Å²) in [6, 6.07) is 0. The molecule has 3 N–H and O–H groups in total. The highest BCUT2D eigenvalue weighted by molar-refractivity contribution is 7.47. The zero-order chi connectivity index (χ0) is 52.4. The number of unbranched alkanes of at least 4 members (excludes halogenated alkanes) is 13. The van der Waals surface area contributed by atoms with Crippen LogP contribution in [0.3, 0.4) is 0 Å². The van der Waals surface area contributed by atoms with Gasteiger partial charge in [-0.05, 0) is 122 Å². The molecule has 0 aromatic carbocycles. The second-order valence-electron chi connectivity index (χ2n) is 17.7. The fourth-order valence-corrected chi connectivity index (χ4v) is 7.63. The van der Waals surface area contributed by atoms with Crippen molar-refractivity contribution < 1.29 is 37.6 Å². The van der Waals surface area contributed by atoms with Crippen LogP contribution in [-0.4, -0.2) is 49.3 Å². The number of allylic oxidation sites excluding steroid dienone is 24. The molecule has 10 heteroatoms. The number of phosphoric acid groups is 1. The number of phosphoric ester groups is 1. The van der Waals surface area contributed by atoms with E-state index in [1.54, 1.807) is 0 Å². The maximum Gasteiger partial charge on any atom is 0.472 e. The summed E-state index contributed by atoms with van der Waals surface area (Å²) >= 11 is 0. The standard InChI is InChI=1S/C62H100NO8P/c1-3-5-7-9-11-13-15-17-19-20-21-22-23-24-25-26-27-28-29-30-31-32-33-34-35-36-37-38-39-40-41-43-45-47-49-51-53-55-62(65)71-60(59-70-72(66,67)69-57-56-63)58-68-61(64)54-52-50-48-46-44-42-18-16-14-12-10-8-6-4-2/h5,7,11,13,16-19,21-22,24-25,27-28,30-31,33-34,36-37,39-40,43,45,60H,3-4,6,8-10,12,14-15,20,23,26,29,32,35,38,41-42,44,46-59,63H2,1-2H3,(H,66,67)/b7-5-,13-11-,18-16-,19-17-,22-21-,25-24-,28-27-,31-30-,34-33-,37-36-,40-39-,45-43-. The van der Waals surface area contributed by atoms with Gasteiger partial charge in [0.25, 0.3) is 0 Å². The predicted octanol–water partition coefficient (Wildman–Crippen LogP) is 17.6. The highest BCUT2D eigenvalue weighted by Gasteiger charge is 2.26. The van der Waals surface area contributed by atoms with E-state index in [-0.39, 0.29) is 32.6 Å². The van der Waals surface area contributed by atoms with E-state index in [0.29, 0.717) is 12.8 Å². The second kappa shape index (κ2) is 56.2. The maximum atomic E-state index is 12.7. The molecule has 0 aliphatic rings. The van der Waals surface area contributed by atoms with Crippen LogP contribution in [0.1, 0.15) is 200 Å². The van der Waals surface area contributed by atoms with Crippen molar-refractivity contribution in [1.29, 1.82) is 0 Å². The van der Waals surface area contributed by atoms with Gasteiger partial charge in [-0.2, -0.15) is 0 Å². The topological polar surface area (TPSA) is 134 Å². The summed E-state index contributed by atoms with van der Waals surface area (Å²) in [6.45, 7) is 3.54. The van der Waals surface area contributed by atoms with Gasteiger partial charge >= 0.3 is 19.8 Å². The molecule has 0 amide bonds. The Kier molecular flexibility index (Phi) is 53.0. The molecule has 0 aromatic rings. The van der Waals surface area contributed by atoms with E-state index in [0.717, 1.165) is 122 Å². The van der Waals surface area contributed by atoms with Gasteiger partial charge in [-0.25, -0.2) is 4.57 Å². The Morgan fingerprint density at radius 3 is 1.17 bits per heavy atom. The molecule has 0 spiro atoms. The van der Waals surface area contributed by atoms with E-state index in [2.05, 4.69) is 160 Å². The van der Waals surface area contributed by atoms with Crippen LogP contribution in [0, 0.1) is 0 Å². The molecule has 0 bridgehead atoms. The summed E-state index contributed by atoms with van der Waals surface area (Å²) in [5.74, 6) is -0.889. The third-order valence-corrected chi connectivity index (χ3v) is 11.9. The van der Waals surface area contributed by atoms with Crippen LogP contribution >= 0.6 is 7.82 Å². The third kappa shape index (κ3) is 55.2. The highest BCUT2D eigenvalue weighted by atomic mass is 31.2. The Bertz CT molecular complexity index is 1680. The molecule has 0 rings (SSSR count). The summed E-state index contributed by atoms with van der Waals surface area (Å²) in [6.07, 6.45) is 80.5. The molecule has 0 saturated carbocycles. The molecule has 0 fully saturated rings. The largest absolute Gasteiger partial charge is 0.472 e. The summed E-state index contributed by atoms with van der Waals surface area (Å²) in [5.41, 5.74) is 5.36. The number of esters is 2. The van der Waals surface area contributed by atoms with Crippen molar-refractivity contribution in [2.45, 2.75) is 206 Å². The smallest absolute Gasteiger partial charge is 0.462 e. The Labute approximate surface area is 439 Å². The lowest BCUT2D eigenvalue weighted by Gasteiger charge is -2.19. The van der Waals surface area contributed by atoms with Crippen molar-refractivity contribution in [3.8, 4) is 0 Å². The van der Waals surface area contributed by atoms with E-state index < -0.39 is 32.5 Å². The molecule has 2 atom stereocenters. The van der Waals surface area contributed by atoms with Gasteiger partial charge in [0.2, 0.25) is 0 Å². The Morgan fingerprint density at radius 1 is 0.431 bits per heavy atom. The first-order valence-corrected chi connectivity index (χ1v) is 29.3. The van der Waals surface area contributed by atoms with Gasteiger partial charge in [0.15, 0.2) is 6.10 Å². The molecular weight excluding hydrogens is 918 g/mol. The Balaban J connectivity index is 4.11. The molecular formula is C62H100NO8P. The van der Waals surface area contributed by atoms with E-state index in [1.807, 2.05) is 0 Å².